The molecule has 0 saturated carbocycles. The molecule has 2 atom stereocenters. The molecule has 2 fully saturated rings. The Hall–Kier alpha value is -0.0800. The summed E-state index contributed by atoms with van der Waals surface area (Å²) in [6.45, 7) is 6.10. The van der Waals surface area contributed by atoms with E-state index in [2.05, 4.69) is 17.1 Å². The summed E-state index contributed by atoms with van der Waals surface area (Å²) in [4.78, 5) is 2.57. The molecular formula is C7H14N2. The van der Waals surface area contributed by atoms with Crippen molar-refractivity contribution in [3.05, 3.63) is 0 Å². The van der Waals surface area contributed by atoms with Gasteiger partial charge in [-0.3, -0.25) is 4.90 Å². The van der Waals surface area contributed by atoms with E-state index in [1.165, 1.54) is 26.1 Å². The van der Waals surface area contributed by atoms with Crippen LogP contribution in [0.4, 0.5) is 0 Å². The van der Waals surface area contributed by atoms with E-state index in [9.17, 15) is 0 Å². The number of hydrogen-bond acceptors (Lipinski definition) is 2. The van der Waals surface area contributed by atoms with E-state index in [0.29, 0.717) is 0 Å². The predicted octanol–water partition coefficient (Wildman–Crippen LogP) is 0.0524. The first-order chi connectivity index (χ1) is 4.42. The maximum Gasteiger partial charge on any atom is 0.0387 e. The average molecular weight is 126 g/mol. The normalized spacial score (nSPS) is 41.0. The molecule has 1 N–H and O–H groups in total. The lowest BCUT2D eigenvalue weighted by atomic mass is 9.89. The SMILES string of the molecule is CCCN1CC2NCC21. The Bertz CT molecular complexity index is 111. The van der Waals surface area contributed by atoms with Crippen LogP contribution in [0.1, 0.15) is 13.3 Å². The summed E-state index contributed by atoms with van der Waals surface area (Å²) < 4.78 is 0. The monoisotopic (exact) mass is 126 g/mol. The molecule has 0 amide bonds. The second-order valence-electron chi connectivity index (χ2n) is 3.08. The van der Waals surface area contributed by atoms with Gasteiger partial charge in [-0.05, 0) is 13.0 Å². The van der Waals surface area contributed by atoms with Crippen LogP contribution < -0.4 is 5.32 Å². The van der Waals surface area contributed by atoms with Crippen LogP contribution in [0.25, 0.3) is 0 Å². The van der Waals surface area contributed by atoms with Crippen LogP contribution in [-0.4, -0.2) is 36.6 Å². The van der Waals surface area contributed by atoms with E-state index in [0.717, 1.165) is 12.1 Å². The zero-order valence-electron chi connectivity index (χ0n) is 5.93. The van der Waals surface area contributed by atoms with Crippen LogP contribution in [0.3, 0.4) is 0 Å². The molecule has 2 unspecified atom stereocenters. The summed E-state index contributed by atoms with van der Waals surface area (Å²) in [6, 6.07) is 1.79. The minimum atomic E-state index is 0.872. The summed E-state index contributed by atoms with van der Waals surface area (Å²) >= 11 is 0. The van der Waals surface area contributed by atoms with E-state index >= 15 is 0 Å². The highest BCUT2D eigenvalue weighted by Crippen LogP contribution is 2.23. The molecule has 52 valence electrons. The van der Waals surface area contributed by atoms with Gasteiger partial charge in [0.15, 0.2) is 0 Å². The van der Waals surface area contributed by atoms with Crippen molar-refractivity contribution in [2.75, 3.05) is 19.6 Å². The van der Waals surface area contributed by atoms with Gasteiger partial charge >= 0.3 is 0 Å². The maximum atomic E-state index is 3.39. The molecule has 2 aliphatic heterocycles. The highest BCUT2D eigenvalue weighted by atomic mass is 15.3. The molecule has 0 aromatic heterocycles. The van der Waals surface area contributed by atoms with Gasteiger partial charge in [0.05, 0.1) is 0 Å². The summed E-state index contributed by atoms with van der Waals surface area (Å²) in [6.07, 6.45) is 1.31. The van der Waals surface area contributed by atoms with Crippen molar-refractivity contribution in [1.82, 2.24) is 10.2 Å². The summed E-state index contributed by atoms with van der Waals surface area (Å²) in [7, 11) is 0. The first-order valence-corrected chi connectivity index (χ1v) is 3.89. The van der Waals surface area contributed by atoms with E-state index < -0.39 is 0 Å². The van der Waals surface area contributed by atoms with Gasteiger partial charge in [0.2, 0.25) is 0 Å². The van der Waals surface area contributed by atoms with Crippen molar-refractivity contribution in [3.63, 3.8) is 0 Å². The first kappa shape index (κ1) is 5.69. The number of rotatable bonds is 2. The third-order valence-corrected chi connectivity index (χ3v) is 2.46. The highest BCUT2D eigenvalue weighted by molar-refractivity contribution is 5.05. The molecule has 0 radical (unpaired) electrons. The van der Waals surface area contributed by atoms with Gasteiger partial charge in [-0.25, -0.2) is 0 Å². The second-order valence-corrected chi connectivity index (χ2v) is 3.08. The van der Waals surface area contributed by atoms with Crippen molar-refractivity contribution in [2.45, 2.75) is 25.4 Å². The molecule has 2 aliphatic rings. The van der Waals surface area contributed by atoms with Gasteiger partial charge in [0.1, 0.15) is 0 Å². The molecule has 0 bridgehead atoms. The van der Waals surface area contributed by atoms with Crippen molar-refractivity contribution in [1.29, 1.82) is 0 Å². The summed E-state index contributed by atoms with van der Waals surface area (Å²) in [5, 5.41) is 3.39. The lowest BCUT2D eigenvalue weighted by Gasteiger charge is -2.56. The number of fused-ring (bicyclic) bond motifs is 1. The Kier molecular flexibility index (Phi) is 1.24. The fourth-order valence-corrected chi connectivity index (χ4v) is 1.75. The van der Waals surface area contributed by atoms with Gasteiger partial charge in [-0.15, -0.1) is 0 Å². The number of hydrogen-bond donors (Lipinski definition) is 1. The standard InChI is InChI=1S/C7H14N2/c1-2-3-9-5-6-7(9)4-8-6/h6-8H,2-5H2,1H3. The topological polar surface area (TPSA) is 15.3 Å². The first-order valence-electron chi connectivity index (χ1n) is 3.89. The molecule has 0 aromatic rings. The van der Waals surface area contributed by atoms with Crippen molar-refractivity contribution in [2.24, 2.45) is 0 Å². The smallest absolute Gasteiger partial charge is 0.0387 e. The fraction of sp³-hybridized carbons (Fsp3) is 1.00. The van der Waals surface area contributed by atoms with Crippen LogP contribution in [0.2, 0.25) is 0 Å². The van der Waals surface area contributed by atoms with Crippen LogP contribution in [0, 0.1) is 0 Å². The van der Waals surface area contributed by atoms with E-state index in [4.69, 9.17) is 0 Å². The fourth-order valence-electron chi connectivity index (χ4n) is 1.75. The zero-order chi connectivity index (χ0) is 6.27. The summed E-state index contributed by atoms with van der Waals surface area (Å²) in [5.41, 5.74) is 0. The van der Waals surface area contributed by atoms with Gasteiger partial charge < -0.3 is 5.32 Å². The Morgan fingerprint density at radius 2 is 2.56 bits per heavy atom. The molecule has 9 heavy (non-hydrogen) atoms. The lowest BCUT2D eigenvalue weighted by molar-refractivity contribution is -0.0165. The molecule has 0 spiro atoms. The quantitative estimate of drug-likeness (QED) is 0.562. The molecule has 2 heteroatoms. The van der Waals surface area contributed by atoms with Crippen LogP contribution in [0.15, 0.2) is 0 Å². The van der Waals surface area contributed by atoms with Crippen molar-refractivity contribution in [3.8, 4) is 0 Å². The third-order valence-electron chi connectivity index (χ3n) is 2.46. The predicted molar refractivity (Wildman–Crippen MR) is 37.4 cm³/mol. The van der Waals surface area contributed by atoms with Gasteiger partial charge in [-0.2, -0.15) is 0 Å². The minimum absolute atomic E-state index is 0.872. The zero-order valence-corrected chi connectivity index (χ0v) is 5.93. The molecule has 2 rings (SSSR count). The Morgan fingerprint density at radius 3 is 2.89 bits per heavy atom. The number of nitrogens with one attached hydrogen (secondary N) is 1. The minimum Gasteiger partial charge on any atom is -0.310 e. The largest absolute Gasteiger partial charge is 0.310 e. The average Bonchev–Trinajstić information content (AvgIpc) is 1.82. The maximum absolute atomic E-state index is 3.39. The van der Waals surface area contributed by atoms with Gasteiger partial charge in [0.25, 0.3) is 0 Å². The molecule has 2 heterocycles. The van der Waals surface area contributed by atoms with Gasteiger partial charge in [0, 0.05) is 25.2 Å². The molecule has 2 nitrogen and oxygen atoms in total. The van der Waals surface area contributed by atoms with Gasteiger partial charge in [-0.1, -0.05) is 6.92 Å². The number of piperazine rings is 1. The Labute approximate surface area is 56.2 Å². The molecular weight excluding hydrogens is 112 g/mol. The van der Waals surface area contributed by atoms with E-state index in [1.807, 2.05) is 0 Å². The molecule has 0 aromatic carbocycles. The van der Waals surface area contributed by atoms with Crippen LogP contribution >= 0.6 is 0 Å². The lowest BCUT2D eigenvalue weighted by Crippen LogP contribution is -2.77. The number of likely N-dealkylation sites (tertiary alicyclic amines) is 1. The van der Waals surface area contributed by atoms with E-state index in [-0.39, 0.29) is 0 Å². The van der Waals surface area contributed by atoms with Crippen molar-refractivity contribution < 1.29 is 0 Å². The summed E-state index contributed by atoms with van der Waals surface area (Å²) in [5.74, 6) is 0. The molecule has 2 saturated heterocycles. The van der Waals surface area contributed by atoms with E-state index in [1.54, 1.807) is 0 Å². The number of nitrogens with zero attached hydrogens (tertiary/aromatic N) is 1. The Balaban J connectivity index is 1.77. The van der Waals surface area contributed by atoms with Crippen molar-refractivity contribution >= 4 is 0 Å². The van der Waals surface area contributed by atoms with Crippen LogP contribution in [0.5, 0.6) is 0 Å². The van der Waals surface area contributed by atoms with Crippen LogP contribution in [-0.2, 0) is 0 Å². The highest BCUT2D eigenvalue weighted by Gasteiger charge is 2.44. The molecule has 0 aliphatic carbocycles. The third kappa shape index (κ3) is 0.700. The Morgan fingerprint density at radius 1 is 1.67 bits per heavy atom. The second kappa shape index (κ2) is 1.96.